The van der Waals surface area contributed by atoms with Gasteiger partial charge in [0, 0.05) is 18.5 Å². The Hall–Kier alpha value is -2.14. The average molecular weight is 368 g/mol. The van der Waals surface area contributed by atoms with Crippen LogP contribution < -0.4 is 0 Å². The van der Waals surface area contributed by atoms with E-state index in [1.165, 1.54) is 12.0 Å². The lowest BCUT2D eigenvalue weighted by molar-refractivity contribution is 0.0628. The van der Waals surface area contributed by atoms with Crippen LogP contribution in [-0.2, 0) is 0 Å². The van der Waals surface area contributed by atoms with E-state index in [4.69, 9.17) is 5.10 Å². The highest BCUT2D eigenvalue weighted by molar-refractivity contribution is 7.20. The summed E-state index contributed by atoms with van der Waals surface area (Å²) in [7, 11) is 0. The molecule has 1 aromatic carbocycles. The summed E-state index contributed by atoms with van der Waals surface area (Å²) in [6.45, 7) is 10.3. The first-order valence-electron chi connectivity index (χ1n) is 9.28. The number of nitrogens with zero attached hydrogens (tertiary/aromatic N) is 3. The Morgan fingerprint density at radius 3 is 2.58 bits per heavy atom. The van der Waals surface area contributed by atoms with E-state index in [9.17, 15) is 4.79 Å². The SMILES string of the molecule is Cc1cccc(-n2nc(C)c3cc(C(=O)N4C[C@@H](C)C[C@H](C)C4)sc32)c1. The number of piperidine rings is 1. The first kappa shape index (κ1) is 17.3. The number of likely N-dealkylation sites (tertiary alicyclic amines) is 1. The Balaban J connectivity index is 1.72. The number of carbonyl (C=O) groups is 1. The number of aryl methyl sites for hydroxylation is 2. The van der Waals surface area contributed by atoms with Crippen LogP contribution >= 0.6 is 11.3 Å². The minimum absolute atomic E-state index is 0.166. The number of benzene rings is 1. The standard InChI is InChI=1S/C21H25N3OS/c1-13-6-5-7-17(9-13)24-21-18(16(4)22-24)10-19(26-21)20(25)23-11-14(2)8-15(3)12-23/h5-7,9-10,14-15H,8,11-12H2,1-4H3/t14-,15-/m0/s1. The van der Waals surface area contributed by atoms with Gasteiger partial charge in [0.1, 0.15) is 4.83 Å². The first-order chi connectivity index (χ1) is 12.4. The van der Waals surface area contributed by atoms with Gasteiger partial charge in [0.2, 0.25) is 0 Å². The van der Waals surface area contributed by atoms with Crippen LogP contribution in [0.5, 0.6) is 0 Å². The molecule has 1 fully saturated rings. The Morgan fingerprint density at radius 2 is 1.88 bits per heavy atom. The van der Waals surface area contributed by atoms with Crippen molar-refractivity contribution in [2.45, 2.75) is 34.1 Å². The zero-order valence-electron chi connectivity index (χ0n) is 15.8. The first-order valence-corrected chi connectivity index (χ1v) is 10.1. The quantitative estimate of drug-likeness (QED) is 0.651. The molecule has 2 aromatic heterocycles. The number of carbonyl (C=O) groups excluding carboxylic acids is 1. The molecule has 26 heavy (non-hydrogen) atoms. The predicted octanol–water partition coefficient (Wildman–Crippen LogP) is 4.82. The van der Waals surface area contributed by atoms with Crippen LogP contribution in [-0.4, -0.2) is 33.7 Å². The number of hydrogen-bond acceptors (Lipinski definition) is 3. The summed E-state index contributed by atoms with van der Waals surface area (Å²) in [5.74, 6) is 1.31. The van der Waals surface area contributed by atoms with Gasteiger partial charge in [-0.2, -0.15) is 5.10 Å². The summed E-state index contributed by atoms with van der Waals surface area (Å²) < 4.78 is 1.97. The minimum Gasteiger partial charge on any atom is -0.337 e. The molecule has 5 heteroatoms. The van der Waals surface area contributed by atoms with Gasteiger partial charge < -0.3 is 4.90 Å². The summed E-state index contributed by atoms with van der Waals surface area (Å²) in [6, 6.07) is 10.3. The lowest BCUT2D eigenvalue weighted by Crippen LogP contribution is -2.42. The summed E-state index contributed by atoms with van der Waals surface area (Å²) in [5, 5.41) is 5.78. The van der Waals surface area contributed by atoms with Crippen molar-refractivity contribution in [1.82, 2.24) is 14.7 Å². The fourth-order valence-electron chi connectivity index (χ4n) is 4.07. The largest absolute Gasteiger partial charge is 0.337 e. The normalized spacial score (nSPS) is 20.7. The van der Waals surface area contributed by atoms with Crippen LogP contribution in [0.4, 0.5) is 0 Å². The van der Waals surface area contributed by atoms with E-state index in [0.29, 0.717) is 11.8 Å². The molecule has 1 aliphatic rings. The predicted molar refractivity (Wildman–Crippen MR) is 107 cm³/mol. The maximum absolute atomic E-state index is 13.1. The van der Waals surface area contributed by atoms with Crippen LogP contribution in [0.1, 0.15) is 41.2 Å². The van der Waals surface area contributed by atoms with E-state index < -0.39 is 0 Å². The third-order valence-corrected chi connectivity index (χ3v) is 6.26. The summed E-state index contributed by atoms with van der Waals surface area (Å²) in [6.07, 6.45) is 1.21. The van der Waals surface area contributed by atoms with Crippen LogP contribution in [0.2, 0.25) is 0 Å². The second kappa shape index (κ2) is 6.54. The zero-order valence-corrected chi connectivity index (χ0v) is 16.6. The average Bonchev–Trinajstić information content (AvgIpc) is 3.14. The van der Waals surface area contributed by atoms with Gasteiger partial charge in [0.15, 0.2) is 0 Å². The van der Waals surface area contributed by atoms with Gasteiger partial charge in [0.05, 0.1) is 16.3 Å². The maximum Gasteiger partial charge on any atom is 0.264 e. The molecule has 1 saturated heterocycles. The monoisotopic (exact) mass is 367 g/mol. The van der Waals surface area contributed by atoms with Crippen molar-refractivity contribution in [1.29, 1.82) is 0 Å². The highest BCUT2D eigenvalue weighted by Crippen LogP contribution is 2.32. The van der Waals surface area contributed by atoms with E-state index >= 15 is 0 Å². The van der Waals surface area contributed by atoms with E-state index in [0.717, 1.165) is 39.6 Å². The Kier molecular flexibility index (Phi) is 4.35. The van der Waals surface area contributed by atoms with Gasteiger partial charge >= 0.3 is 0 Å². The van der Waals surface area contributed by atoms with Crippen LogP contribution in [0.15, 0.2) is 30.3 Å². The van der Waals surface area contributed by atoms with E-state index in [2.05, 4.69) is 39.0 Å². The lowest BCUT2D eigenvalue weighted by atomic mass is 9.92. The van der Waals surface area contributed by atoms with Gasteiger partial charge in [-0.05, 0) is 55.9 Å². The molecule has 0 N–H and O–H groups in total. The van der Waals surface area contributed by atoms with Crippen molar-refractivity contribution in [3.8, 4) is 5.69 Å². The molecule has 136 valence electrons. The molecule has 1 amide bonds. The van der Waals surface area contributed by atoms with Gasteiger partial charge in [-0.1, -0.05) is 26.0 Å². The molecule has 3 heterocycles. The van der Waals surface area contributed by atoms with E-state index in [-0.39, 0.29) is 5.91 Å². The summed E-state index contributed by atoms with van der Waals surface area (Å²) in [4.78, 5) is 17.0. The number of hydrogen-bond donors (Lipinski definition) is 0. The second-order valence-corrected chi connectivity index (χ2v) is 8.85. The highest BCUT2D eigenvalue weighted by Gasteiger charge is 2.28. The van der Waals surface area contributed by atoms with Crippen LogP contribution in [0.3, 0.4) is 0 Å². The molecule has 4 rings (SSSR count). The Morgan fingerprint density at radius 1 is 1.15 bits per heavy atom. The van der Waals surface area contributed by atoms with E-state index in [1.54, 1.807) is 11.3 Å². The van der Waals surface area contributed by atoms with Gasteiger partial charge in [-0.3, -0.25) is 4.79 Å². The molecular weight excluding hydrogens is 342 g/mol. The summed E-state index contributed by atoms with van der Waals surface area (Å²) >= 11 is 1.56. The van der Waals surface area contributed by atoms with Gasteiger partial charge in [0.25, 0.3) is 5.91 Å². The minimum atomic E-state index is 0.166. The van der Waals surface area contributed by atoms with Crippen LogP contribution in [0, 0.1) is 25.7 Å². The zero-order chi connectivity index (χ0) is 18.4. The molecule has 0 saturated carbocycles. The fourth-order valence-corrected chi connectivity index (χ4v) is 5.22. The number of aromatic nitrogens is 2. The topological polar surface area (TPSA) is 38.1 Å². The molecule has 1 aliphatic heterocycles. The van der Waals surface area contributed by atoms with Crippen molar-refractivity contribution in [2.24, 2.45) is 11.8 Å². The molecule has 2 atom stereocenters. The molecule has 0 radical (unpaired) electrons. The maximum atomic E-state index is 13.1. The van der Waals surface area contributed by atoms with Crippen LogP contribution in [0.25, 0.3) is 15.9 Å². The number of amides is 1. The molecule has 4 nitrogen and oxygen atoms in total. The summed E-state index contributed by atoms with van der Waals surface area (Å²) in [5.41, 5.74) is 3.22. The van der Waals surface area contributed by atoms with E-state index in [1.807, 2.05) is 28.6 Å². The molecule has 0 unspecified atom stereocenters. The van der Waals surface area contributed by atoms with Crippen molar-refractivity contribution >= 4 is 27.5 Å². The van der Waals surface area contributed by atoms with Crippen molar-refractivity contribution in [2.75, 3.05) is 13.1 Å². The number of rotatable bonds is 2. The Bertz CT molecular complexity index is 961. The smallest absolute Gasteiger partial charge is 0.264 e. The third-order valence-electron chi connectivity index (χ3n) is 5.16. The van der Waals surface area contributed by atoms with Crippen molar-refractivity contribution in [3.05, 3.63) is 46.5 Å². The lowest BCUT2D eigenvalue weighted by Gasteiger charge is -2.34. The second-order valence-electron chi connectivity index (χ2n) is 7.82. The molecule has 0 spiro atoms. The fraction of sp³-hybridized carbons (Fsp3) is 0.429. The molecule has 0 bridgehead atoms. The highest BCUT2D eigenvalue weighted by atomic mass is 32.1. The third kappa shape index (κ3) is 3.05. The molecule has 3 aromatic rings. The van der Waals surface area contributed by atoms with Crippen molar-refractivity contribution < 1.29 is 4.79 Å². The molecular formula is C21H25N3OS. The molecule has 0 aliphatic carbocycles. The van der Waals surface area contributed by atoms with Gasteiger partial charge in [-0.25, -0.2) is 4.68 Å². The number of thiophene rings is 1. The number of fused-ring (bicyclic) bond motifs is 1. The Labute approximate surface area is 158 Å². The van der Waals surface area contributed by atoms with Gasteiger partial charge in [-0.15, -0.1) is 11.3 Å². The van der Waals surface area contributed by atoms with Crippen molar-refractivity contribution in [3.63, 3.8) is 0 Å².